The van der Waals surface area contributed by atoms with Gasteiger partial charge in [-0.15, -0.1) is 0 Å². The van der Waals surface area contributed by atoms with Gasteiger partial charge >= 0.3 is 12.0 Å². The van der Waals surface area contributed by atoms with Gasteiger partial charge in [0.1, 0.15) is 17.2 Å². The Morgan fingerprint density at radius 2 is 1.66 bits per heavy atom. The van der Waals surface area contributed by atoms with Crippen molar-refractivity contribution in [3.63, 3.8) is 0 Å². The largest absolute Gasteiger partial charge is 0.476 e. The molecule has 0 atom stereocenters. The molecule has 0 aliphatic heterocycles. The lowest BCUT2D eigenvalue weighted by Gasteiger charge is -2.27. The van der Waals surface area contributed by atoms with Crippen LogP contribution in [0.15, 0.2) is 40.8 Å². The number of halogens is 1. The van der Waals surface area contributed by atoms with Crippen LogP contribution >= 0.6 is 11.6 Å². The van der Waals surface area contributed by atoms with Gasteiger partial charge in [-0.25, -0.2) is 14.6 Å². The van der Waals surface area contributed by atoms with E-state index in [1.54, 1.807) is 56.8 Å². The van der Waals surface area contributed by atoms with Crippen LogP contribution in [-0.2, 0) is 22.6 Å². The van der Waals surface area contributed by atoms with Crippen LogP contribution in [-0.4, -0.2) is 53.1 Å². The molecule has 1 heterocycles. The second kappa shape index (κ2) is 11.9. The molecule has 3 aromatic rings. The summed E-state index contributed by atoms with van der Waals surface area (Å²) in [6.07, 6.45) is 0. The number of esters is 1. The molecule has 3 rings (SSSR count). The van der Waals surface area contributed by atoms with E-state index < -0.39 is 11.6 Å². The molecule has 0 fully saturated rings. The van der Waals surface area contributed by atoms with Gasteiger partial charge in [-0.05, 0) is 76.4 Å². The lowest BCUT2D eigenvalue weighted by molar-refractivity contribution is -0.158. The third kappa shape index (κ3) is 6.86. The number of carbonyl (C=O) groups excluding carboxylic acids is 2. The van der Waals surface area contributed by atoms with E-state index in [2.05, 4.69) is 4.98 Å². The molecule has 38 heavy (non-hydrogen) atoms. The molecule has 2 aromatic carbocycles. The normalized spacial score (nSPS) is 11.3. The van der Waals surface area contributed by atoms with Gasteiger partial charge in [-0.3, -0.25) is 0 Å². The Hall–Kier alpha value is -3.52. The van der Waals surface area contributed by atoms with Crippen molar-refractivity contribution in [3.05, 3.63) is 69.6 Å². The van der Waals surface area contributed by atoms with Crippen LogP contribution in [0.25, 0.3) is 11.5 Å². The van der Waals surface area contributed by atoms with Crippen molar-refractivity contribution in [3.8, 4) is 17.2 Å². The van der Waals surface area contributed by atoms with Gasteiger partial charge in [0, 0.05) is 31.2 Å². The zero-order valence-corrected chi connectivity index (χ0v) is 24.1. The van der Waals surface area contributed by atoms with Crippen LogP contribution in [0.5, 0.6) is 5.75 Å². The van der Waals surface area contributed by atoms with E-state index in [4.69, 9.17) is 25.5 Å². The van der Waals surface area contributed by atoms with E-state index in [1.807, 2.05) is 45.0 Å². The maximum atomic E-state index is 13.1. The van der Waals surface area contributed by atoms with Gasteiger partial charge in [0.2, 0.25) is 5.89 Å². The number of nitrogens with zero attached hydrogens (tertiary/aromatic N) is 3. The summed E-state index contributed by atoms with van der Waals surface area (Å²) < 4.78 is 17.0. The smallest absolute Gasteiger partial charge is 0.349 e. The Morgan fingerprint density at radius 3 is 2.26 bits per heavy atom. The van der Waals surface area contributed by atoms with E-state index in [-0.39, 0.29) is 12.6 Å². The molecule has 0 spiro atoms. The average Bonchev–Trinajstić information content (AvgIpc) is 3.21. The fourth-order valence-corrected chi connectivity index (χ4v) is 4.33. The van der Waals surface area contributed by atoms with Crippen LogP contribution < -0.4 is 4.74 Å². The molecular formula is C29H36ClN3O5. The highest BCUT2D eigenvalue weighted by Crippen LogP contribution is 2.30. The minimum atomic E-state index is -1.12. The maximum absolute atomic E-state index is 13.1. The monoisotopic (exact) mass is 541 g/mol. The van der Waals surface area contributed by atoms with Crippen molar-refractivity contribution >= 4 is 23.6 Å². The Labute approximate surface area is 229 Å². The van der Waals surface area contributed by atoms with Crippen molar-refractivity contribution in [2.24, 2.45) is 0 Å². The summed E-state index contributed by atoms with van der Waals surface area (Å²) in [6.45, 7) is 11.8. The first-order valence-electron chi connectivity index (χ1n) is 12.5. The fourth-order valence-electron chi connectivity index (χ4n) is 4.14. The maximum Gasteiger partial charge on any atom is 0.349 e. The molecule has 0 unspecified atom stereocenters. The number of urea groups is 1. The van der Waals surface area contributed by atoms with Crippen molar-refractivity contribution in [1.82, 2.24) is 14.8 Å². The number of aryl methyl sites for hydroxylation is 3. The summed E-state index contributed by atoms with van der Waals surface area (Å²) in [5.74, 6) is 1.33. The third-order valence-electron chi connectivity index (χ3n) is 6.07. The highest BCUT2D eigenvalue weighted by molar-refractivity contribution is 6.30. The zero-order chi connectivity index (χ0) is 28.2. The van der Waals surface area contributed by atoms with Gasteiger partial charge in [0.15, 0.2) is 5.60 Å². The molecule has 0 bridgehead atoms. The van der Waals surface area contributed by atoms with E-state index in [9.17, 15) is 9.59 Å². The minimum absolute atomic E-state index is 0.157. The highest BCUT2D eigenvalue weighted by Gasteiger charge is 2.32. The topological polar surface area (TPSA) is 85.1 Å². The van der Waals surface area contributed by atoms with Crippen LogP contribution in [0.2, 0.25) is 5.02 Å². The lowest BCUT2D eigenvalue weighted by atomic mass is 10.0. The number of hydrogen-bond acceptors (Lipinski definition) is 6. The van der Waals surface area contributed by atoms with Crippen molar-refractivity contribution < 1.29 is 23.5 Å². The first-order valence-corrected chi connectivity index (χ1v) is 12.8. The Morgan fingerprint density at radius 1 is 1.03 bits per heavy atom. The number of ether oxygens (including phenoxy) is 2. The number of benzene rings is 2. The zero-order valence-electron chi connectivity index (χ0n) is 23.3. The molecule has 0 N–H and O–H groups in total. The van der Waals surface area contributed by atoms with Crippen LogP contribution in [0.1, 0.15) is 48.9 Å². The Balaban J connectivity index is 1.68. The molecular weight excluding hydrogens is 506 g/mol. The Bertz CT molecular complexity index is 1290. The standard InChI is InChI=1S/C29H36ClN3O5/c1-9-36-27(34)29(5,6)38-25-18(2)13-21(14-19(25)3)16-32(7)28(35)33(8)17-24-20(4)37-26(31-24)22-11-10-12-23(30)15-22/h10-15H,9,16-17H2,1-8H3. The van der Waals surface area contributed by atoms with Gasteiger partial charge in [-0.2, -0.15) is 0 Å². The summed E-state index contributed by atoms with van der Waals surface area (Å²) in [4.78, 5) is 33.3. The molecule has 0 aliphatic carbocycles. The van der Waals surface area contributed by atoms with Gasteiger partial charge in [0.05, 0.1) is 13.2 Å². The van der Waals surface area contributed by atoms with E-state index >= 15 is 0 Å². The molecule has 0 aliphatic rings. The Kier molecular flexibility index (Phi) is 9.09. The average molecular weight is 542 g/mol. The first kappa shape index (κ1) is 29.0. The summed E-state index contributed by atoms with van der Waals surface area (Å²) in [6, 6.07) is 11.1. The summed E-state index contributed by atoms with van der Waals surface area (Å²) in [7, 11) is 3.49. The fraction of sp³-hybridized carbons (Fsp3) is 0.414. The number of amides is 2. The number of rotatable bonds is 9. The molecule has 0 saturated carbocycles. The summed E-state index contributed by atoms with van der Waals surface area (Å²) >= 11 is 6.10. The second-order valence-corrected chi connectivity index (χ2v) is 10.4. The molecule has 0 radical (unpaired) electrons. The van der Waals surface area contributed by atoms with Crippen LogP contribution in [0.4, 0.5) is 4.79 Å². The number of aromatic nitrogens is 1. The lowest BCUT2D eigenvalue weighted by Crippen LogP contribution is -2.40. The molecule has 0 saturated heterocycles. The first-order chi connectivity index (χ1) is 17.8. The molecule has 8 nitrogen and oxygen atoms in total. The molecule has 204 valence electrons. The van der Waals surface area contributed by atoms with Crippen LogP contribution in [0.3, 0.4) is 0 Å². The van der Waals surface area contributed by atoms with Crippen molar-refractivity contribution in [2.75, 3.05) is 20.7 Å². The summed E-state index contributed by atoms with van der Waals surface area (Å²) in [5, 5.41) is 0.599. The molecule has 1 aromatic heterocycles. The van der Waals surface area contributed by atoms with E-state index in [1.165, 1.54) is 0 Å². The van der Waals surface area contributed by atoms with Gasteiger partial charge in [-0.1, -0.05) is 29.8 Å². The quantitative estimate of drug-likeness (QED) is 0.294. The summed E-state index contributed by atoms with van der Waals surface area (Å²) in [5.41, 5.74) is 3.04. The predicted molar refractivity (Wildman–Crippen MR) is 147 cm³/mol. The SMILES string of the molecule is CCOC(=O)C(C)(C)Oc1c(C)cc(CN(C)C(=O)N(C)Cc2nc(-c3cccc(Cl)c3)oc2C)cc1C. The minimum Gasteiger partial charge on any atom is -0.476 e. The molecule has 9 heteroatoms. The highest BCUT2D eigenvalue weighted by atomic mass is 35.5. The van der Waals surface area contributed by atoms with Crippen molar-refractivity contribution in [2.45, 2.75) is 60.2 Å². The number of oxazole rings is 1. The van der Waals surface area contributed by atoms with E-state index in [0.717, 1.165) is 22.3 Å². The predicted octanol–water partition coefficient (Wildman–Crippen LogP) is 6.32. The van der Waals surface area contributed by atoms with Crippen LogP contribution in [0, 0.1) is 20.8 Å². The van der Waals surface area contributed by atoms with Crippen molar-refractivity contribution in [1.29, 1.82) is 0 Å². The molecule has 2 amide bonds. The number of carbonyl (C=O) groups is 2. The second-order valence-electron chi connectivity index (χ2n) is 9.92. The third-order valence-corrected chi connectivity index (χ3v) is 6.30. The van der Waals surface area contributed by atoms with E-state index in [0.29, 0.717) is 41.2 Å². The van der Waals surface area contributed by atoms with Gasteiger partial charge < -0.3 is 23.7 Å². The van der Waals surface area contributed by atoms with Gasteiger partial charge in [0.25, 0.3) is 0 Å². The number of hydrogen-bond donors (Lipinski definition) is 0.